The van der Waals surface area contributed by atoms with Crippen molar-refractivity contribution >= 4 is 40.9 Å². The smallest absolute Gasteiger partial charge is 0.429 e. The topological polar surface area (TPSA) is 103 Å². The molecule has 1 aromatic heterocycles. The monoisotopic (exact) mass is 651 g/mol. The third-order valence-corrected chi connectivity index (χ3v) is 9.20. The van der Waals surface area contributed by atoms with E-state index in [1.807, 2.05) is 4.90 Å². The Kier molecular flexibility index (Phi) is 9.21. The molecule has 2 aliphatic heterocycles. The molecule has 2 atom stereocenters. The number of halogens is 5. The van der Waals surface area contributed by atoms with E-state index >= 15 is 0 Å². The van der Waals surface area contributed by atoms with Crippen LogP contribution in [0.3, 0.4) is 0 Å². The Bertz CT molecular complexity index is 1520. The summed E-state index contributed by atoms with van der Waals surface area (Å²) in [6.45, 7) is 7.52. The molecule has 0 aliphatic carbocycles. The van der Waals surface area contributed by atoms with Gasteiger partial charge in [0.05, 0.1) is 6.61 Å². The Hall–Kier alpha value is -3.28. The highest BCUT2D eigenvalue weighted by Gasteiger charge is 2.46. The quantitative estimate of drug-likeness (QED) is 0.268. The summed E-state index contributed by atoms with van der Waals surface area (Å²) in [6.07, 6.45) is -4.99. The number of hydrogen-bond donors (Lipinski definition) is 2. The lowest BCUT2D eigenvalue weighted by Crippen LogP contribution is -2.41. The standard InChI is InChI=1S/C31H34Cl2F3N5O3/c1-4-43-28(42)23-15-30(16-38-23)7-9-41(10-8-30)24-14-25(40-29(37)39-24)44-27(31(34,35)36)21-6-5-20(32)13-22(21)19-11-17(2)26(33)18(3)12-19/h5-6,11-14,23,27,38H,4,7-10,15-16H2,1-3H3,(H2,37,39,40)/t23-,27+/m0/s1. The zero-order valence-electron chi connectivity index (χ0n) is 24.6. The Morgan fingerprint density at radius 2 is 1.82 bits per heavy atom. The summed E-state index contributed by atoms with van der Waals surface area (Å²) in [5.41, 5.74) is 7.99. The molecule has 2 saturated heterocycles. The van der Waals surface area contributed by atoms with Gasteiger partial charge < -0.3 is 25.4 Å². The molecule has 0 bridgehead atoms. The predicted molar refractivity (Wildman–Crippen MR) is 164 cm³/mol. The first-order chi connectivity index (χ1) is 20.8. The third-order valence-electron chi connectivity index (χ3n) is 8.37. The third kappa shape index (κ3) is 6.84. The average molecular weight is 653 g/mol. The van der Waals surface area contributed by atoms with E-state index in [0.29, 0.717) is 49.1 Å². The van der Waals surface area contributed by atoms with Gasteiger partial charge in [-0.2, -0.15) is 23.1 Å². The number of carbonyl (C=O) groups is 1. The lowest BCUT2D eigenvalue weighted by Gasteiger charge is -2.39. The number of aromatic nitrogens is 2. The first-order valence-corrected chi connectivity index (χ1v) is 15.1. The van der Waals surface area contributed by atoms with Crippen LogP contribution in [0.1, 0.15) is 49.0 Å². The van der Waals surface area contributed by atoms with Gasteiger partial charge in [0.25, 0.3) is 0 Å². The number of carbonyl (C=O) groups excluding carboxylic acids is 1. The van der Waals surface area contributed by atoms with Crippen LogP contribution in [-0.2, 0) is 9.53 Å². The summed E-state index contributed by atoms with van der Waals surface area (Å²) < 4.78 is 54.8. The van der Waals surface area contributed by atoms with Crippen LogP contribution in [0, 0.1) is 19.3 Å². The fraction of sp³-hybridized carbons (Fsp3) is 0.452. The van der Waals surface area contributed by atoms with Gasteiger partial charge in [0, 0.05) is 41.3 Å². The number of aryl methyl sites for hydroxylation is 2. The second-order valence-corrected chi connectivity index (χ2v) is 12.3. The van der Waals surface area contributed by atoms with Gasteiger partial charge in [-0.25, -0.2) is 0 Å². The molecule has 2 fully saturated rings. The molecule has 5 rings (SSSR count). The van der Waals surface area contributed by atoms with Gasteiger partial charge in [0.2, 0.25) is 17.9 Å². The Balaban J connectivity index is 1.40. The number of nitrogens with two attached hydrogens (primary N) is 1. The van der Waals surface area contributed by atoms with Crippen LogP contribution in [0.4, 0.5) is 24.9 Å². The highest BCUT2D eigenvalue weighted by molar-refractivity contribution is 6.32. The Labute approximate surface area is 264 Å². The first kappa shape index (κ1) is 32.1. The number of nitrogens with zero attached hydrogens (tertiary/aromatic N) is 3. The molecule has 3 N–H and O–H groups in total. The minimum absolute atomic E-state index is 0.0728. The SMILES string of the molecule is CCOC(=O)[C@@H]1CC2(CCN(c3cc(O[C@H](c4ccc(Cl)cc4-c4cc(C)c(Cl)c(C)c4)C(F)(F)F)nc(N)n3)CC2)CN1. The van der Waals surface area contributed by atoms with E-state index in [1.54, 1.807) is 32.9 Å². The van der Waals surface area contributed by atoms with Crippen LogP contribution in [-0.4, -0.2) is 54.4 Å². The second kappa shape index (κ2) is 12.6. The van der Waals surface area contributed by atoms with Crippen LogP contribution < -0.4 is 20.7 Å². The molecule has 3 heterocycles. The van der Waals surface area contributed by atoms with Crippen molar-refractivity contribution < 1.29 is 27.4 Å². The number of benzene rings is 2. The number of rotatable bonds is 7. The molecule has 3 aromatic rings. The van der Waals surface area contributed by atoms with Crippen molar-refractivity contribution in [2.45, 2.75) is 58.4 Å². The summed E-state index contributed by atoms with van der Waals surface area (Å²) in [6, 6.07) is 8.67. The maximum atomic E-state index is 14.7. The highest BCUT2D eigenvalue weighted by Crippen LogP contribution is 2.44. The van der Waals surface area contributed by atoms with Crippen LogP contribution >= 0.6 is 23.2 Å². The molecule has 2 aliphatic rings. The van der Waals surface area contributed by atoms with Crippen molar-refractivity contribution in [3.05, 3.63) is 63.1 Å². The van der Waals surface area contributed by atoms with Crippen LogP contribution in [0.25, 0.3) is 11.1 Å². The van der Waals surface area contributed by atoms with Crippen molar-refractivity contribution in [1.29, 1.82) is 0 Å². The first-order valence-electron chi connectivity index (χ1n) is 14.4. The molecule has 0 radical (unpaired) electrons. The summed E-state index contributed by atoms with van der Waals surface area (Å²) in [7, 11) is 0. The molecule has 44 heavy (non-hydrogen) atoms. The summed E-state index contributed by atoms with van der Waals surface area (Å²) in [4.78, 5) is 22.5. The average Bonchev–Trinajstić information content (AvgIpc) is 3.37. The fourth-order valence-electron chi connectivity index (χ4n) is 6.11. The molecule has 8 nitrogen and oxygen atoms in total. The zero-order chi connectivity index (χ0) is 31.8. The molecule has 0 saturated carbocycles. The highest BCUT2D eigenvalue weighted by atomic mass is 35.5. The molecule has 13 heteroatoms. The van der Waals surface area contributed by atoms with Crippen LogP contribution in [0.2, 0.25) is 10.0 Å². The minimum atomic E-state index is -4.80. The van der Waals surface area contributed by atoms with E-state index in [-0.39, 0.29) is 45.4 Å². The Morgan fingerprint density at radius 1 is 1.14 bits per heavy atom. The predicted octanol–water partition coefficient (Wildman–Crippen LogP) is 6.84. The summed E-state index contributed by atoms with van der Waals surface area (Å²) >= 11 is 12.6. The summed E-state index contributed by atoms with van der Waals surface area (Å²) in [5, 5.41) is 4.09. The molecule has 236 valence electrons. The van der Waals surface area contributed by atoms with E-state index in [4.69, 9.17) is 38.4 Å². The number of nitrogen functional groups attached to an aromatic ring is 1. The molecule has 0 amide bonds. The van der Waals surface area contributed by atoms with Gasteiger partial charge in [-0.05, 0) is 92.0 Å². The number of alkyl halides is 3. The number of hydrogen-bond acceptors (Lipinski definition) is 8. The lowest BCUT2D eigenvalue weighted by molar-refractivity contribution is -0.198. The number of nitrogens with one attached hydrogen (secondary N) is 1. The Morgan fingerprint density at radius 3 is 2.45 bits per heavy atom. The fourth-order valence-corrected chi connectivity index (χ4v) is 6.39. The largest absolute Gasteiger partial charge is 0.465 e. The van der Waals surface area contributed by atoms with Crippen molar-refractivity contribution in [3.63, 3.8) is 0 Å². The van der Waals surface area contributed by atoms with E-state index in [0.717, 1.165) is 24.0 Å². The van der Waals surface area contributed by atoms with Gasteiger partial charge in [0.1, 0.15) is 11.9 Å². The van der Waals surface area contributed by atoms with E-state index in [2.05, 4.69) is 15.3 Å². The van der Waals surface area contributed by atoms with Crippen molar-refractivity contribution in [3.8, 4) is 17.0 Å². The van der Waals surface area contributed by atoms with Gasteiger partial charge in [-0.1, -0.05) is 29.3 Å². The maximum Gasteiger partial charge on any atom is 0.429 e. The maximum absolute atomic E-state index is 14.7. The van der Waals surface area contributed by atoms with E-state index in [9.17, 15) is 18.0 Å². The zero-order valence-corrected chi connectivity index (χ0v) is 26.1. The molecular weight excluding hydrogens is 618 g/mol. The van der Waals surface area contributed by atoms with Crippen LogP contribution in [0.5, 0.6) is 5.88 Å². The van der Waals surface area contributed by atoms with Gasteiger partial charge >= 0.3 is 12.1 Å². The number of anilines is 2. The van der Waals surface area contributed by atoms with Crippen molar-refractivity contribution in [1.82, 2.24) is 15.3 Å². The molecule has 0 unspecified atom stereocenters. The van der Waals surface area contributed by atoms with Crippen molar-refractivity contribution in [2.75, 3.05) is 36.9 Å². The number of esters is 1. The van der Waals surface area contributed by atoms with E-state index < -0.39 is 12.3 Å². The number of piperidine rings is 1. The normalized spacial score (nSPS) is 18.8. The second-order valence-electron chi connectivity index (χ2n) is 11.5. The lowest BCUT2D eigenvalue weighted by atomic mass is 9.76. The number of ether oxygens (including phenoxy) is 2. The van der Waals surface area contributed by atoms with Crippen LogP contribution in [0.15, 0.2) is 36.4 Å². The molecule has 1 spiro atoms. The minimum Gasteiger partial charge on any atom is -0.465 e. The molecule has 2 aromatic carbocycles. The van der Waals surface area contributed by atoms with Gasteiger partial charge in [-0.15, -0.1) is 0 Å². The van der Waals surface area contributed by atoms with E-state index in [1.165, 1.54) is 24.3 Å². The summed E-state index contributed by atoms with van der Waals surface area (Å²) in [5.74, 6) is -0.383. The van der Waals surface area contributed by atoms with Crippen molar-refractivity contribution in [2.24, 2.45) is 5.41 Å². The van der Waals surface area contributed by atoms with Gasteiger partial charge in [0.15, 0.2) is 0 Å². The van der Waals surface area contributed by atoms with Gasteiger partial charge in [-0.3, -0.25) is 4.79 Å². The molecular formula is C31H34Cl2F3N5O3.